The van der Waals surface area contributed by atoms with E-state index in [1.165, 1.54) is 12.0 Å². The number of hydrogen-bond donors (Lipinski definition) is 1. The van der Waals surface area contributed by atoms with Gasteiger partial charge in [0.05, 0.1) is 0 Å². The molecule has 0 radical (unpaired) electrons. The molecule has 0 saturated heterocycles. The van der Waals surface area contributed by atoms with Gasteiger partial charge in [-0.1, -0.05) is 51.1 Å². The topological polar surface area (TPSA) is 26.0 Å². The van der Waals surface area contributed by atoms with Crippen LogP contribution in [0.2, 0.25) is 0 Å². The molecule has 3 atom stereocenters. The van der Waals surface area contributed by atoms with E-state index in [0.29, 0.717) is 17.4 Å². The number of nitrogens with two attached hydrogens (primary N) is 1. The molecular formula is C15H23N. The van der Waals surface area contributed by atoms with Crippen molar-refractivity contribution in [1.29, 1.82) is 0 Å². The van der Waals surface area contributed by atoms with Gasteiger partial charge in [-0.2, -0.15) is 0 Å². The Labute approximate surface area is 99.0 Å². The Bertz CT molecular complexity index is 336. The van der Waals surface area contributed by atoms with Gasteiger partial charge in [-0.15, -0.1) is 0 Å². The second-order valence-corrected chi connectivity index (χ2v) is 6.35. The molecule has 2 rings (SSSR count). The number of rotatable bonds is 3. The van der Waals surface area contributed by atoms with Crippen molar-refractivity contribution in [2.24, 2.45) is 17.1 Å². The van der Waals surface area contributed by atoms with E-state index < -0.39 is 0 Å². The molecule has 16 heavy (non-hydrogen) atoms. The van der Waals surface area contributed by atoms with Crippen molar-refractivity contribution in [3.05, 3.63) is 35.9 Å². The monoisotopic (exact) mass is 217 g/mol. The van der Waals surface area contributed by atoms with Gasteiger partial charge >= 0.3 is 0 Å². The molecule has 1 nitrogen and oxygen atoms in total. The molecule has 0 aliphatic heterocycles. The molecule has 1 aromatic rings. The maximum atomic E-state index is 6.29. The van der Waals surface area contributed by atoms with Gasteiger partial charge in [-0.05, 0) is 35.7 Å². The zero-order chi connectivity index (χ0) is 11.8. The van der Waals surface area contributed by atoms with Gasteiger partial charge in [0.25, 0.3) is 0 Å². The van der Waals surface area contributed by atoms with Crippen molar-refractivity contribution in [3.63, 3.8) is 0 Å². The quantitative estimate of drug-likeness (QED) is 0.823. The van der Waals surface area contributed by atoms with Crippen LogP contribution in [0.15, 0.2) is 30.3 Å². The predicted molar refractivity (Wildman–Crippen MR) is 69.3 cm³/mol. The summed E-state index contributed by atoms with van der Waals surface area (Å²) in [6.45, 7) is 6.81. The first-order valence-corrected chi connectivity index (χ1v) is 6.28. The van der Waals surface area contributed by atoms with Crippen LogP contribution in [0.3, 0.4) is 0 Å². The summed E-state index contributed by atoms with van der Waals surface area (Å²) in [5.74, 6) is 1.43. The number of hydrogen-bond acceptors (Lipinski definition) is 1. The van der Waals surface area contributed by atoms with Crippen LogP contribution in [0, 0.1) is 11.3 Å². The molecule has 1 aliphatic rings. The number of benzene rings is 1. The molecule has 1 heteroatoms. The maximum Gasteiger partial charge on any atom is 0.00782 e. The zero-order valence-corrected chi connectivity index (χ0v) is 10.6. The van der Waals surface area contributed by atoms with Gasteiger partial charge in [-0.25, -0.2) is 0 Å². The highest BCUT2D eigenvalue weighted by molar-refractivity contribution is 5.26. The van der Waals surface area contributed by atoms with E-state index in [9.17, 15) is 0 Å². The summed E-state index contributed by atoms with van der Waals surface area (Å²) in [7, 11) is 0. The lowest BCUT2D eigenvalue weighted by Gasteiger charge is -2.23. The highest BCUT2D eigenvalue weighted by Crippen LogP contribution is 2.50. The Kier molecular flexibility index (Phi) is 3.07. The van der Waals surface area contributed by atoms with E-state index in [2.05, 4.69) is 51.1 Å². The van der Waals surface area contributed by atoms with Crippen molar-refractivity contribution in [3.8, 4) is 0 Å². The molecule has 1 saturated carbocycles. The largest absolute Gasteiger partial charge is 0.327 e. The van der Waals surface area contributed by atoms with Gasteiger partial charge in [0.1, 0.15) is 0 Å². The zero-order valence-electron chi connectivity index (χ0n) is 10.6. The van der Waals surface area contributed by atoms with Crippen molar-refractivity contribution >= 4 is 0 Å². The first kappa shape index (κ1) is 11.7. The first-order chi connectivity index (χ1) is 7.47. The molecule has 0 heterocycles. The SMILES string of the molecule is CC(C)(C)CC(N)C1CC1c1ccccc1. The van der Waals surface area contributed by atoms with Gasteiger partial charge < -0.3 is 5.73 Å². The maximum absolute atomic E-state index is 6.29. The van der Waals surface area contributed by atoms with Crippen LogP contribution in [-0.2, 0) is 0 Å². The van der Waals surface area contributed by atoms with Gasteiger partial charge in [0.15, 0.2) is 0 Å². The van der Waals surface area contributed by atoms with Crippen LogP contribution in [0.25, 0.3) is 0 Å². The van der Waals surface area contributed by atoms with Crippen molar-refractivity contribution in [1.82, 2.24) is 0 Å². The molecule has 0 amide bonds. The molecular weight excluding hydrogens is 194 g/mol. The lowest BCUT2D eigenvalue weighted by atomic mass is 9.86. The average Bonchev–Trinajstić information content (AvgIpc) is 2.96. The van der Waals surface area contributed by atoms with Gasteiger partial charge in [-0.3, -0.25) is 0 Å². The van der Waals surface area contributed by atoms with Crippen molar-refractivity contribution in [2.45, 2.75) is 45.6 Å². The standard InChI is InChI=1S/C15H23N/c1-15(2,3)10-14(16)13-9-12(13)11-7-5-4-6-8-11/h4-8,12-14H,9-10,16H2,1-3H3. The summed E-state index contributed by atoms with van der Waals surface area (Å²) in [5, 5.41) is 0. The fourth-order valence-corrected chi connectivity index (χ4v) is 2.63. The predicted octanol–water partition coefficient (Wildman–Crippen LogP) is 3.55. The summed E-state index contributed by atoms with van der Waals surface area (Å²) in [5.41, 5.74) is 8.11. The molecule has 1 fully saturated rings. The third-order valence-corrected chi connectivity index (χ3v) is 3.47. The summed E-state index contributed by atoms with van der Waals surface area (Å²) in [6, 6.07) is 11.2. The third kappa shape index (κ3) is 2.85. The Morgan fingerprint density at radius 1 is 1.25 bits per heavy atom. The molecule has 0 aromatic heterocycles. The third-order valence-electron chi connectivity index (χ3n) is 3.47. The summed E-state index contributed by atoms with van der Waals surface area (Å²) >= 11 is 0. The fourth-order valence-electron chi connectivity index (χ4n) is 2.63. The fraction of sp³-hybridized carbons (Fsp3) is 0.600. The highest BCUT2D eigenvalue weighted by atomic mass is 14.7. The molecule has 88 valence electrons. The first-order valence-electron chi connectivity index (χ1n) is 6.28. The van der Waals surface area contributed by atoms with Crippen LogP contribution in [0.5, 0.6) is 0 Å². The molecule has 3 unspecified atom stereocenters. The molecule has 1 aromatic carbocycles. The molecule has 1 aliphatic carbocycles. The van der Waals surface area contributed by atoms with Crippen LogP contribution >= 0.6 is 0 Å². The molecule has 0 bridgehead atoms. The van der Waals surface area contributed by atoms with Gasteiger partial charge in [0.2, 0.25) is 0 Å². The van der Waals surface area contributed by atoms with Crippen molar-refractivity contribution < 1.29 is 0 Å². The Balaban J connectivity index is 1.92. The minimum absolute atomic E-state index is 0.350. The highest BCUT2D eigenvalue weighted by Gasteiger charge is 2.42. The second kappa shape index (κ2) is 4.21. The minimum atomic E-state index is 0.350. The molecule has 2 N–H and O–H groups in total. The van der Waals surface area contributed by atoms with Crippen LogP contribution in [-0.4, -0.2) is 6.04 Å². The van der Waals surface area contributed by atoms with E-state index in [-0.39, 0.29) is 0 Å². The van der Waals surface area contributed by atoms with Crippen LogP contribution < -0.4 is 5.73 Å². The van der Waals surface area contributed by atoms with Crippen LogP contribution in [0.4, 0.5) is 0 Å². The Hall–Kier alpha value is -0.820. The average molecular weight is 217 g/mol. The normalized spacial score (nSPS) is 26.5. The summed E-state index contributed by atoms with van der Waals surface area (Å²) in [4.78, 5) is 0. The van der Waals surface area contributed by atoms with Crippen LogP contribution in [0.1, 0.15) is 45.1 Å². The van der Waals surface area contributed by atoms with E-state index >= 15 is 0 Å². The Morgan fingerprint density at radius 2 is 1.88 bits per heavy atom. The van der Waals surface area contributed by atoms with E-state index in [4.69, 9.17) is 5.73 Å². The lowest BCUT2D eigenvalue weighted by Crippen LogP contribution is -2.28. The molecule has 0 spiro atoms. The van der Waals surface area contributed by atoms with E-state index in [1.54, 1.807) is 0 Å². The Morgan fingerprint density at radius 3 is 2.44 bits per heavy atom. The summed E-state index contributed by atoms with van der Waals surface area (Å²) in [6.07, 6.45) is 2.41. The van der Waals surface area contributed by atoms with E-state index in [0.717, 1.165) is 12.3 Å². The van der Waals surface area contributed by atoms with Gasteiger partial charge in [0, 0.05) is 6.04 Å². The second-order valence-electron chi connectivity index (χ2n) is 6.35. The van der Waals surface area contributed by atoms with Crippen molar-refractivity contribution in [2.75, 3.05) is 0 Å². The lowest BCUT2D eigenvalue weighted by molar-refractivity contribution is 0.322. The van der Waals surface area contributed by atoms with E-state index in [1.807, 2.05) is 0 Å². The smallest absolute Gasteiger partial charge is 0.00782 e. The minimum Gasteiger partial charge on any atom is -0.327 e. The summed E-state index contributed by atoms with van der Waals surface area (Å²) < 4.78 is 0.